The highest BCUT2D eigenvalue weighted by atomic mass is 35.5. The van der Waals surface area contributed by atoms with Crippen molar-refractivity contribution in [1.82, 2.24) is 10.2 Å². The second-order valence-electron chi connectivity index (χ2n) is 6.27. The summed E-state index contributed by atoms with van der Waals surface area (Å²) < 4.78 is 0. The minimum absolute atomic E-state index is 0. The van der Waals surface area contributed by atoms with E-state index in [2.05, 4.69) is 34.5 Å². The zero-order chi connectivity index (χ0) is 15.8. The van der Waals surface area contributed by atoms with Crippen molar-refractivity contribution in [2.24, 2.45) is 5.73 Å². The van der Waals surface area contributed by atoms with Gasteiger partial charge in [0.15, 0.2) is 0 Å². The summed E-state index contributed by atoms with van der Waals surface area (Å²) >= 11 is 0. The number of nitrogens with zero attached hydrogens (tertiary/aromatic N) is 1. The molecule has 1 fully saturated rings. The van der Waals surface area contributed by atoms with Gasteiger partial charge in [-0.15, -0.1) is 12.4 Å². The number of likely N-dealkylation sites (tertiary alicyclic amines) is 1. The molecule has 1 saturated heterocycles. The molecule has 0 aliphatic carbocycles. The van der Waals surface area contributed by atoms with Gasteiger partial charge in [-0.2, -0.15) is 0 Å². The predicted molar refractivity (Wildman–Crippen MR) is 97.5 cm³/mol. The van der Waals surface area contributed by atoms with E-state index < -0.39 is 0 Å². The SMILES string of the molecule is CCCC(N)C(=O)NCc1ccc(CN2CCCCC2)cc1.Cl. The highest BCUT2D eigenvalue weighted by molar-refractivity contribution is 5.85. The second-order valence-corrected chi connectivity index (χ2v) is 6.27. The number of carbonyl (C=O) groups excluding carboxylic acids is 1. The molecule has 0 bridgehead atoms. The van der Waals surface area contributed by atoms with Crippen LogP contribution >= 0.6 is 12.4 Å². The Bertz CT molecular complexity index is 458. The zero-order valence-electron chi connectivity index (χ0n) is 14.1. The van der Waals surface area contributed by atoms with E-state index in [0.717, 1.165) is 24.9 Å². The summed E-state index contributed by atoms with van der Waals surface area (Å²) in [5.74, 6) is -0.0563. The van der Waals surface area contributed by atoms with Gasteiger partial charge in [0.25, 0.3) is 0 Å². The molecule has 4 nitrogen and oxygen atoms in total. The van der Waals surface area contributed by atoms with E-state index in [1.54, 1.807) is 0 Å². The first-order chi connectivity index (χ1) is 10.7. The Hall–Kier alpha value is -1.10. The van der Waals surface area contributed by atoms with Crippen LogP contribution in [-0.4, -0.2) is 29.9 Å². The zero-order valence-corrected chi connectivity index (χ0v) is 14.9. The molecule has 0 aromatic heterocycles. The molecular formula is C18H30ClN3O. The Balaban J connectivity index is 0.00000264. The average Bonchev–Trinajstić information content (AvgIpc) is 2.55. The summed E-state index contributed by atoms with van der Waals surface area (Å²) in [6.45, 7) is 6.06. The van der Waals surface area contributed by atoms with Crippen molar-refractivity contribution < 1.29 is 4.79 Å². The van der Waals surface area contributed by atoms with Crippen molar-refractivity contribution in [2.75, 3.05) is 13.1 Å². The molecule has 23 heavy (non-hydrogen) atoms. The van der Waals surface area contributed by atoms with Crippen LogP contribution in [0.5, 0.6) is 0 Å². The van der Waals surface area contributed by atoms with Gasteiger partial charge in [-0.3, -0.25) is 9.69 Å². The fourth-order valence-electron chi connectivity index (χ4n) is 2.90. The molecular weight excluding hydrogens is 310 g/mol. The number of benzene rings is 1. The lowest BCUT2D eigenvalue weighted by Gasteiger charge is -2.26. The lowest BCUT2D eigenvalue weighted by Crippen LogP contribution is -2.40. The van der Waals surface area contributed by atoms with Gasteiger partial charge < -0.3 is 11.1 Å². The third-order valence-electron chi connectivity index (χ3n) is 4.28. The highest BCUT2D eigenvalue weighted by Gasteiger charge is 2.12. The van der Waals surface area contributed by atoms with Gasteiger partial charge in [0.2, 0.25) is 5.91 Å². The molecule has 5 heteroatoms. The van der Waals surface area contributed by atoms with Gasteiger partial charge in [-0.05, 0) is 43.5 Å². The molecule has 1 heterocycles. The predicted octanol–water partition coefficient (Wildman–Crippen LogP) is 2.84. The molecule has 2 rings (SSSR count). The third kappa shape index (κ3) is 6.90. The number of hydrogen-bond acceptors (Lipinski definition) is 3. The van der Waals surface area contributed by atoms with Gasteiger partial charge in [0.05, 0.1) is 6.04 Å². The van der Waals surface area contributed by atoms with E-state index in [9.17, 15) is 4.79 Å². The molecule has 1 aliphatic heterocycles. The largest absolute Gasteiger partial charge is 0.351 e. The summed E-state index contributed by atoms with van der Waals surface area (Å²) in [7, 11) is 0. The summed E-state index contributed by atoms with van der Waals surface area (Å²) in [6.07, 6.45) is 5.68. The van der Waals surface area contributed by atoms with E-state index in [1.807, 2.05) is 6.92 Å². The maximum Gasteiger partial charge on any atom is 0.237 e. The minimum Gasteiger partial charge on any atom is -0.351 e. The number of nitrogens with one attached hydrogen (secondary N) is 1. The molecule has 0 spiro atoms. The van der Waals surface area contributed by atoms with E-state index in [-0.39, 0.29) is 24.4 Å². The van der Waals surface area contributed by atoms with Crippen LogP contribution in [0.15, 0.2) is 24.3 Å². The maximum absolute atomic E-state index is 11.8. The third-order valence-corrected chi connectivity index (χ3v) is 4.28. The normalized spacial score (nSPS) is 16.4. The number of piperidine rings is 1. The standard InChI is InChI=1S/C18H29N3O.ClH/c1-2-6-17(19)18(22)20-13-15-7-9-16(10-8-15)14-21-11-4-3-5-12-21;/h7-10,17H,2-6,11-14,19H2,1H3,(H,20,22);1H. The molecule has 1 unspecified atom stereocenters. The number of rotatable bonds is 7. The van der Waals surface area contributed by atoms with E-state index >= 15 is 0 Å². The fraction of sp³-hybridized carbons (Fsp3) is 0.611. The van der Waals surface area contributed by atoms with Crippen LogP contribution in [0.4, 0.5) is 0 Å². The quantitative estimate of drug-likeness (QED) is 0.803. The molecule has 0 saturated carbocycles. The Labute approximate surface area is 146 Å². The average molecular weight is 340 g/mol. The van der Waals surface area contributed by atoms with Crippen LogP contribution in [-0.2, 0) is 17.9 Å². The lowest BCUT2D eigenvalue weighted by atomic mass is 10.1. The summed E-state index contributed by atoms with van der Waals surface area (Å²) in [5.41, 5.74) is 8.27. The first-order valence-corrected chi connectivity index (χ1v) is 8.52. The van der Waals surface area contributed by atoms with Gasteiger partial charge in [0.1, 0.15) is 0 Å². The first kappa shape index (κ1) is 19.9. The van der Waals surface area contributed by atoms with Crippen LogP contribution in [0.2, 0.25) is 0 Å². The lowest BCUT2D eigenvalue weighted by molar-refractivity contribution is -0.122. The van der Waals surface area contributed by atoms with Gasteiger partial charge in [-0.1, -0.05) is 44.0 Å². The topological polar surface area (TPSA) is 58.4 Å². The van der Waals surface area contributed by atoms with Gasteiger partial charge >= 0.3 is 0 Å². The Morgan fingerprint density at radius 2 is 1.78 bits per heavy atom. The number of halogens is 1. The van der Waals surface area contributed by atoms with E-state index in [0.29, 0.717) is 6.54 Å². The van der Waals surface area contributed by atoms with Crippen LogP contribution in [0.1, 0.15) is 50.2 Å². The second kappa shape index (κ2) is 10.6. The molecule has 3 N–H and O–H groups in total. The van der Waals surface area contributed by atoms with Crippen molar-refractivity contribution in [1.29, 1.82) is 0 Å². The number of carbonyl (C=O) groups is 1. The Morgan fingerprint density at radius 1 is 1.17 bits per heavy atom. The minimum atomic E-state index is -0.386. The highest BCUT2D eigenvalue weighted by Crippen LogP contribution is 2.13. The number of amides is 1. The molecule has 0 radical (unpaired) electrons. The molecule has 1 aliphatic rings. The monoisotopic (exact) mass is 339 g/mol. The summed E-state index contributed by atoms with van der Waals surface area (Å²) in [6, 6.07) is 8.16. The van der Waals surface area contributed by atoms with Crippen molar-refractivity contribution in [3.05, 3.63) is 35.4 Å². The van der Waals surface area contributed by atoms with Crippen LogP contribution in [0.3, 0.4) is 0 Å². The van der Waals surface area contributed by atoms with Gasteiger partial charge in [0, 0.05) is 13.1 Å². The van der Waals surface area contributed by atoms with Crippen LogP contribution < -0.4 is 11.1 Å². The Morgan fingerprint density at radius 3 is 2.39 bits per heavy atom. The Kier molecular flexibility index (Phi) is 9.22. The first-order valence-electron chi connectivity index (χ1n) is 8.52. The maximum atomic E-state index is 11.8. The fourth-order valence-corrected chi connectivity index (χ4v) is 2.90. The molecule has 1 amide bonds. The van der Waals surface area contributed by atoms with E-state index in [4.69, 9.17) is 5.73 Å². The number of hydrogen-bond donors (Lipinski definition) is 2. The van der Waals surface area contributed by atoms with E-state index in [1.165, 1.54) is 37.9 Å². The molecule has 1 aromatic rings. The summed E-state index contributed by atoms with van der Waals surface area (Å²) in [5, 5.41) is 2.91. The molecule has 130 valence electrons. The van der Waals surface area contributed by atoms with Gasteiger partial charge in [-0.25, -0.2) is 0 Å². The smallest absolute Gasteiger partial charge is 0.237 e. The van der Waals surface area contributed by atoms with Crippen molar-refractivity contribution in [3.8, 4) is 0 Å². The molecule has 1 atom stereocenters. The van der Waals surface area contributed by atoms with Crippen LogP contribution in [0, 0.1) is 0 Å². The summed E-state index contributed by atoms with van der Waals surface area (Å²) in [4.78, 5) is 14.3. The van der Waals surface area contributed by atoms with Crippen molar-refractivity contribution >= 4 is 18.3 Å². The van der Waals surface area contributed by atoms with Crippen molar-refractivity contribution in [2.45, 2.75) is 58.2 Å². The van der Waals surface area contributed by atoms with Crippen molar-refractivity contribution in [3.63, 3.8) is 0 Å². The van der Waals surface area contributed by atoms with Crippen LogP contribution in [0.25, 0.3) is 0 Å². The molecule has 1 aromatic carbocycles. The number of nitrogens with two attached hydrogens (primary N) is 1.